The molecule has 0 amide bonds. The summed E-state index contributed by atoms with van der Waals surface area (Å²) >= 11 is 0. The lowest BCUT2D eigenvalue weighted by Gasteiger charge is -2.50. The number of ether oxygens (including phenoxy) is 1. The van der Waals surface area contributed by atoms with Gasteiger partial charge in [-0.15, -0.1) is 6.58 Å². The van der Waals surface area contributed by atoms with E-state index in [1.165, 1.54) is 10.4 Å². The first-order valence-corrected chi connectivity index (χ1v) is 14.1. The van der Waals surface area contributed by atoms with Gasteiger partial charge in [0.15, 0.2) is 0 Å². The van der Waals surface area contributed by atoms with E-state index in [1.807, 2.05) is 36.4 Å². The van der Waals surface area contributed by atoms with E-state index in [9.17, 15) is 0 Å². The Hall–Kier alpha value is -2.66. The molecule has 0 aliphatic carbocycles. The fourth-order valence-electron chi connectivity index (χ4n) is 5.19. The SMILES string of the molecule is C=CCN1C[C@@H](COc2ccccc2)[C@@H]1CO[Si](c1ccccc1)(c1ccccc1)C(C)(C)C. The number of rotatable bonds is 10. The third-order valence-electron chi connectivity index (χ3n) is 6.94. The number of hydrogen-bond donors (Lipinski definition) is 0. The predicted octanol–water partition coefficient (Wildman–Crippen LogP) is 5.13. The zero-order valence-electron chi connectivity index (χ0n) is 20.7. The van der Waals surface area contributed by atoms with Crippen LogP contribution in [0, 0.1) is 5.92 Å². The summed E-state index contributed by atoms with van der Waals surface area (Å²) in [5.74, 6) is 1.36. The summed E-state index contributed by atoms with van der Waals surface area (Å²) in [5, 5.41) is 2.61. The Morgan fingerprint density at radius 3 is 1.88 bits per heavy atom. The Kier molecular flexibility index (Phi) is 7.72. The van der Waals surface area contributed by atoms with Crippen LogP contribution in [0.1, 0.15) is 20.8 Å². The highest BCUT2D eigenvalue weighted by molar-refractivity contribution is 6.99. The second-order valence-electron chi connectivity index (χ2n) is 10.2. The Labute approximate surface area is 206 Å². The molecule has 34 heavy (non-hydrogen) atoms. The van der Waals surface area contributed by atoms with Crippen molar-refractivity contribution in [2.24, 2.45) is 5.92 Å². The lowest BCUT2D eigenvalue weighted by Crippen LogP contribution is -2.69. The summed E-state index contributed by atoms with van der Waals surface area (Å²) < 4.78 is 13.4. The van der Waals surface area contributed by atoms with Gasteiger partial charge in [0, 0.05) is 25.0 Å². The molecule has 4 heteroatoms. The van der Waals surface area contributed by atoms with Crippen molar-refractivity contribution in [2.75, 3.05) is 26.3 Å². The monoisotopic (exact) mass is 471 g/mol. The average molecular weight is 472 g/mol. The number of hydrogen-bond acceptors (Lipinski definition) is 3. The van der Waals surface area contributed by atoms with Crippen molar-refractivity contribution in [1.29, 1.82) is 0 Å². The molecule has 1 aliphatic heterocycles. The van der Waals surface area contributed by atoms with E-state index in [2.05, 4.69) is 92.9 Å². The second-order valence-corrected chi connectivity index (χ2v) is 14.5. The molecule has 0 bridgehead atoms. The fourth-order valence-corrected chi connectivity index (χ4v) is 9.77. The van der Waals surface area contributed by atoms with Gasteiger partial charge in [-0.05, 0) is 27.5 Å². The van der Waals surface area contributed by atoms with Gasteiger partial charge in [0.25, 0.3) is 8.32 Å². The van der Waals surface area contributed by atoms with Crippen LogP contribution in [-0.4, -0.2) is 45.6 Å². The topological polar surface area (TPSA) is 21.7 Å². The summed E-state index contributed by atoms with van der Waals surface area (Å²) in [6.07, 6.45) is 1.99. The van der Waals surface area contributed by atoms with Gasteiger partial charge in [-0.3, -0.25) is 4.90 Å². The first kappa shape index (κ1) is 24.5. The molecular formula is C30H37NO2Si. The number of nitrogens with zero attached hydrogens (tertiary/aromatic N) is 1. The molecular weight excluding hydrogens is 434 g/mol. The standard InChI is InChI=1S/C30H37NO2Si/c1-5-21-31-22-25(23-32-26-15-9-6-10-16-26)29(31)24-33-34(30(2,3)4,27-17-11-7-12-18-27)28-19-13-8-14-20-28/h5-20,25,29H,1,21-24H2,2-4H3/t25-,29-/m0/s1. The lowest BCUT2D eigenvalue weighted by molar-refractivity contribution is -0.0278. The average Bonchev–Trinajstić information content (AvgIpc) is 2.84. The van der Waals surface area contributed by atoms with Crippen LogP contribution in [0.3, 0.4) is 0 Å². The quantitative estimate of drug-likeness (QED) is 0.302. The smallest absolute Gasteiger partial charge is 0.261 e. The highest BCUT2D eigenvalue weighted by Crippen LogP contribution is 2.38. The van der Waals surface area contributed by atoms with Gasteiger partial charge in [0.1, 0.15) is 5.75 Å². The summed E-state index contributed by atoms with van der Waals surface area (Å²) in [7, 11) is -2.56. The van der Waals surface area contributed by atoms with E-state index in [-0.39, 0.29) is 5.04 Å². The van der Waals surface area contributed by atoms with Gasteiger partial charge in [-0.1, -0.05) is 106 Å². The number of benzene rings is 3. The Morgan fingerprint density at radius 2 is 1.38 bits per heavy atom. The van der Waals surface area contributed by atoms with Crippen LogP contribution < -0.4 is 15.1 Å². The Balaban J connectivity index is 1.60. The van der Waals surface area contributed by atoms with Crippen LogP contribution in [0.5, 0.6) is 5.75 Å². The summed E-state index contributed by atoms with van der Waals surface area (Å²) in [6, 6.07) is 32.1. The molecule has 1 saturated heterocycles. The molecule has 0 aromatic heterocycles. The number of para-hydroxylation sites is 1. The molecule has 1 aliphatic rings. The van der Waals surface area contributed by atoms with Gasteiger partial charge in [0.2, 0.25) is 0 Å². The van der Waals surface area contributed by atoms with Gasteiger partial charge in [-0.25, -0.2) is 0 Å². The molecule has 0 radical (unpaired) electrons. The zero-order chi connectivity index (χ0) is 24.0. The van der Waals surface area contributed by atoms with E-state index >= 15 is 0 Å². The maximum absolute atomic E-state index is 7.24. The molecule has 4 rings (SSSR count). The number of likely N-dealkylation sites (tertiary alicyclic amines) is 1. The molecule has 3 aromatic rings. The van der Waals surface area contributed by atoms with Crippen LogP contribution >= 0.6 is 0 Å². The van der Waals surface area contributed by atoms with Crippen LogP contribution in [0.2, 0.25) is 5.04 Å². The molecule has 1 heterocycles. The molecule has 3 aromatic carbocycles. The molecule has 1 fully saturated rings. The van der Waals surface area contributed by atoms with Crippen LogP contribution in [0.25, 0.3) is 0 Å². The van der Waals surface area contributed by atoms with Crippen molar-refractivity contribution >= 4 is 18.7 Å². The molecule has 0 spiro atoms. The summed E-state index contributed by atoms with van der Waals surface area (Å²) in [4.78, 5) is 2.46. The van der Waals surface area contributed by atoms with Crippen LogP contribution in [0.15, 0.2) is 104 Å². The van der Waals surface area contributed by atoms with E-state index in [1.54, 1.807) is 0 Å². The van der Waals surface area contributed by atoms with Crippen molar-refractivity contribution in [3.63, 3.8) is 0 Å². The van der Waals surface area contributed by atoms with Gasteiger partial charge >= 0.3 is 0 Å². The maximum atomic E-state index is 7.24. The highest BCUT2D eigenvalue weighted by Gasteiger charge is 2.51. The molecule has 2 atom stereocenters. The van der Waals surface area contributed by atoms with Crippen molar-refractivity contribution in [2.45, 2.75) is 31.9 Å². The predicted molar refractivity (Wildman–Crippen MR) is 145 cm³/mol. The minimum absolute atomic E-state index is 0.0290. The third-order valence-corrected chi connectivity index (χ3v) is 11.9. The molecule has 0 N–H and O–H groups in total. The largest absolute Gasteiger partial charge is 0.493 e. The Bertz CT molecular complexity index is 994. The summed E-state index contributed by atoms with van der Waals surface area (Å²) in [6.45, 7) is 14.2. The van der Waals surface area contributed by atoms with Gasteiger partial charge in [-0.2, -0.15) is 0 Å². The zero-order valence-corrected chi connectivity index (χ0v) is 21.7. The van der Waals surface area contributed by atoms with Crippen molar-refractivity contribution in [1.82, 2.24) is 4.90 Å². The molecule has 0 unspecified atom stereocenters. The first-order chi connectivity index (χ1) is 16.5. The van der Waals surface area contributed by atoms with Crippen molar-refractivity contribution in [3.05, 3.63) is 104 Å². The summed E-state index contributed by atoms with van der Waals surface area (Å²) in [5.41, 5.74) is 0. The second kappa shape index (κ2) is 10.7. The third kappa shape index (κ3) is 5.04. The van der Waals surface area contributed by atoms with E-state index in [0.29, 0.717) is 25.2 Å². The van der Waals surface area contributed by atoms with Crippen LogP contribution in [0.4, 0.5) is 0 Å². The molecule has 0 saturated carbocycles. The highest BCUT2D eigenvalue weighted by atomic mass is 28.4. The van der Waals surface area contributed by atoms with Gasteiger partial charge < -0.3 is 9.16 Å². The normalized spacial score (nSPS) is 18.8. The fraction of sp³-hybridized carbons (Fsp3) is 0.333. The molecule has 178 valence electrons. The first-order valence-electron chi connectivity index (χ1n) is 12.2. The van der Waals surface area contributed by atoms with E-state index in [0.717, 1.165) is 18.8 Å². The minimum Gasteiger partial charge on any atom is -0.493 e. The molecule has 3 nitrogen and oxygen atoms in total. The minimum atomic E-state index is -2.56. The Morgan fingerprint density at radius 1 is 0.853 bits per heavy atom. The van der Waals surface area contributed by atoms with Gasteiger partial charge in [0.05, 0.1) is 13.2 Å². The maximum Gasteiger partial charge on any atom is 0.261 e. The van der Waals surface area contributed by atoms with Crippen molar-refractivity contribution in [3.8, 4) is 5.75 Å². The van der Waals surface area contributed by atoms with Crippen LogP contribution in [-0.2, 0) is 4.43 Å². The van der Waals surface area contributed by atoms with E-state index in [4.69, 9.17) is 9.16 Å². The van der Waals surface area contributed by atoms with Crippen molar-refractivity contribution < 1.29 is 9.16 Å². The van der Waals surface area contributed by atoms with E-state index < -0.39 is 8.32 Å². The lowest BCUT2D eigenvalue weighted by atomic mass is 9.90.